The van der Waals surface area contributed by atoms with Crippen LogP contribution in [0, 0.1) is 11.7 Å². The molecule has 0 saturated heterocycles. The molecule has 3 nitrogen and oxygen atoms in total. The zero-order valence-corrected chi connectivity index (χ0v) is 11.2. The molecule has 2 unspecified atom stereocenters. The van der Waals surface area contributed by atoms with Crippen molar-refractivity contribution in [1.29, 1.82) is 0 Å². The molecule has 4 heteroatoms. The van der Waals surface area contributed by atoms with Gasteiger partial charge in [0.1, 0.15) is 12.1 Å². The van der Waals surface area contributed by atoms with Crippen LogP contribution in [0.15, 0.2) is 30.3 Å². The molecule has 2 atom stereocenters. The highest BCUT2D eigenvalue weighted by atomic mass is 19.1. The van der Waals surface area contributed by atoms with Gasteiger partial charge in [0.25, 0.3) is 0 Å². The van der Waals surface area contributed by atoms with E-state index in [0.717, 1.165) is 30.4 Å². The lowest BCUT2D eigenvalue weighted by Crippen LogP contribution is -2.19. The third-order valence-corrected chi connectivity index (χ3v) is 3.79. The number of rotatable bonds is 2. The lowest BCUT2D eigenvalue weighted by atomic mass is 9.80. The van der Waals surface area contributed by atoms with Gasteiger partial charge >= 0.3 is 0 Å². The van der Waals surface area contributed by atoms with Crippen LogP contribution in [0.4, 0.5) is 4.39 Å². The van der Waals surface area contributed by atoms with Crippen molar-refractivity contribution in [2.75, 3.05) is 0 Å². The minimum Gasteiger partial charge on any atom is -0.303 e. The fraction of sp³-hybridized carbons (Fsp3) is 0.312. The fourth-order valence-corrected chi connectivity index (χ4v) is 2.80. The van der Waals surface area contributed by atoms with E-state index in [2.05, 4.69) is 17.1 Å². The van der Waals surface area contributed by atoms with E-state index in [1.54, 1.807) is 12.1 Å². The Labute approximate surface area is 116 Å². The maximum Gasteiger partial charge on any atom is 0.127 e. The van der Waals surface area contributed by atoms with Crippen molar-refractivity contribution in [3.63, 3.8) is 0 Å². The first-order valence-corrected chi connectivity index (χ1v) is 6.75. The van der Waals surface area contributed by atoms with Crippen molar-refractivity contribution in [2.45, 2.75) is 25.7 Å². The predicted molar refractivity (Wildman–Crippen MR) is 73.7 cm³/mol. The summed E-state index contributed by atoms with van der Waals surface area (Å²) in [6, 6.07) is 8.14. The van der Waals surface area contributed by atoms with E-state index in [1.165, 1.54) is 12.1 Å². The van der Waals surface area contributed by atoms with Gasteiger partial charge in [0.15, 0.2) is 0 Å². The summed E-state index contributed by atoms with van der Waals surface area (Å²) >= 11 is 0. The number of nitrogens with zero attached hydrogens (tertiary/aromatic N) is 2. The van der Waals surface area contributed by atoms with Crippen molar-refractivity contribution in [3.05, 3.63) is 47.4 Å². The van der Waals surface area contributed by atoms with E-state index < -0.39 is 0 Å². The zero-order chi connectivity index (χ0) is 14.1. The molecule has 0 aliphatic heterocycles. The van der Waals surface area contributed by atoms with Gasteiger partial charge in [0, 0.05) is 11.5 Å². The van der Waals surface area contributed by atoms with E-state index in [1.807, 2.05) is 6.07 Å². The van der Waals surface area contributed by atoms with Crippen LogP contribution in [0.25, 0.3) is 11.3 Å². The van der Waals surface area contributed by atoms with Gasteiger partial charge in [0.2, 0.25) is 0 Å². The highest BCUT2D eigenvalue weighted by molar-refractivity contribution is 5.67. The van der Waals surface area contributed by atoms with Gasteiger partial charge in [-0.2, -0.15) is 10.2 Å². The van der Waals surface area contributed by atoms with Crippen LogP contribution in [0.3, 0.4) is 0 Å². The number of aldehydes is 1. The highest BCUT2D eigenvalue weighted by Gasteiger charge is 2.26. The first kappa shape index (κ1) is 12.9. The molecule has 20 heavy (non-hydrogen) atoms. The summed E-state index contributed by atoms with van der Waals surface area (Å²) in [4.78, 5) is 11.3. The standard InChI is InChI=1S/C16H15FN2O/c1-10-5-12(9-20)14-8-15(18-19-16(14)6-10)11-3-2-4-13(17)7-11/h2-4,7-10,12H,5-6H2,1H3. The molecule has 0 spiro atoms. The number of benzene rings is 1. The lowest BCUT2D eigenvalue weighted by molar-refractivity contribution is -0.109. The monoisotopic (exact) mass is 270 g/mol. The Kier molecular flexibility index (Phi) is 3.30. The maximum absolute atomic E-state index is 13.3. The Morgan fingerprint density at radius 1 is 1.30 bits per heavy atom. The third kappa shape index (κ3) is 2.33. The second-order valence-corrected chi connectivity index (χ2v) is 5.43. The highest BCUT2D eigenvalue weighted by Crippen LogP contribution is 2.33. The van der Waals surface area contributed by atoms with Gasteiger partial charge in [-0.15, -0.1) is 0 Å². The average Bonchev–Trinajstić information content (AvgIpc) is 2.46. The van der Waals surface area contributed by atoms with Crippen molar-refractivity contribution >= 4 is 6.29 Å². The summed E-state index contributed by atoms with van der Waals surface area (Å²) in [5, 5.41) is 8.42. The maximum atomic E-state index is 13.3. The summed E-state index contributed by atoms with van der Waals surface area (Å²) in [7, 11) is 0. The van der Waals surface area contributed by atoms with Crippen LogP contribution in [-0.2, 0) is 11.2 Å². The van der Waals surface area contributed by atoms with Crippen molar-refractivity contribution < 1.29 is 9.18 Å². The number of aromatic nitrogens is 2. The molecule has 102 valence electrons. The molecule has 0 N–H and O–H groups in total. The molecule has 1 aromatic heterocycles. The number of hydrogen-bond acceptors (Lipinski definition) is 3. The number of halogens is 1. The molecular formula is C16H15FN2O. The second-order valence-electron chi connectivity index (χ2n) is 5.43. The first-order chi connectivity index (χ1) is 9.67. The SMILES string of the molecule is CC1Cc2nnc(-c3cccc(F)c3)cc2C(C=O)C1. The molecule has 2 aromatic rings. The van der Waals surface area contributed by atoms with Gasteiger partial charge in [-0.1, -0.05) is 19.1 Å². The Morgan fingerprint density at radius 2 is 2.15 bits per heavy atom. The molecule has 0 bridgehead atoms. The van der Waals surface area contributed by atoms with Crippen molar-refractivity contribution in [2.24, 2.45) is 5.92 Å². The Balaban J connectivity index is 2.06. The lowest BCUT2D eigenvalue weighted by Gasteiger charge is -2.25. The van der Waals surface area contributed by atoms with E-state index in [4.69, 9.17) is 0 Å². The normalized spacial score (nSPS) is 21.3. The van der Waals surface area contributed by atoms with Crippen molar-refractivity contribution in [3.8, 4) is 11.3 Å². The van der Waals surface area contributed by atoms with Gasteiger partial charge < -0.3 is 4.79 Å². The first-order valence-electron chi connectivity index (χ1n) is 6.75. The minimum absolute atomic E-state index is 0.128. The van der Waals surface area contributed by atoms with Gasteiger partial charge in [0.05, 0.1) is 11.4 Å². The van der Waals surface area contributed by atoms with Crippen LogP contribution >= 0.6 is 0 Å². The number of fused-ring (bicyclic) bond motifs is 1. The molecule has 3 rings (SSSR count). The second kappa shape index (κ2) is 5.12. The molecule has 1 aliphatic carbocycles. The summed E-state index contributed by atoms with van der Waals surface area (Å²) in [5.74, 6) is 0.00570. The van der Waals surface area contributed by atoms with Crippen LogP contribution in [0.2, 0.25) is 0 Å². The van der Waals surface area contributed by atoms with Gasteiger partial charge in [-0.3, -0.25) is 0 Å². The third-order valence-electron chi connectivity index (χ3n) is 3.79. The smallest absolute Gasteiger partial charge is 0.127 e. The average molecular weight is 270 g/mol. The Morgan fingerprint density at radius 3 is 2.90 bits per heavy atom. The summed E-state index contributed by atoms with van der Waals surface area (Å²) < 4.78 is 13.3. The van der Waals surface area contributed by atoms with Crippen LogP contribution < -0.4 is 0 Å². The zero-order valence-electron chi connectivity index (χ0n) is 11.2. The number of hydrogen-bond donors (Lipinski definition) is 0. The largest absolute Gasteiger partial charge is 0.303 e. The van der Waals surface area contributed by atoms with E-state index in [0.29, 0.717) is 17.2 Å². The Bertz CT molecular complexity index is 657. The number of carbonyl (C=O) groups excluding carboxylic acids is 1. The van der Waals surface area contributed by atoms with Gasteiger partial charge in [-0.25, -0.2) is 4.39 Å². The summed E-state index contributed by atoms with van der Waals surface area (Å²) in [5.41, 5.74) is 3.13. The van der Waals surface area contributed by atoms with Crippen LogP contribution in [0.1, 0.15) is 30.5 Å². The van der Waals surface area contributed by atoms with E-state index in [9.17, 15) is 9.18 Å². The topological polar surface area (TPSA) is 42.9 Å². The molecule has 0 saturated carbocycles. The predicted octanol–water partition coefficient (Wildman–Crippen LogP) is 3.15. The number of carbonyl (C=O) groups is 1. The molecule has 1 aromatic carbocycles. The summed E-state index contributed by atoms with van der Waals surface area (Å²) in [6.45, 7) is 2.11. The molecule has 0 radical (unpaired) electrons. The van der Waals surface area contributed by atoms with Crippen molar-refractivity contribution in [1.82, 2.24) is 10.2 Å². The van der Waals surface area contributed by atoms with E-state index in [-0.39, 0.29) is 11.7 Å². The summed E-state index contributed by atoms with van der Waals surface area (Å²) in [6.07, 6.45) is 2.66. The molecule has 0 fully saturated rings. The van der Waals surface area contributed by atoms with Crippen LogP contribution in [0.5, 0.6) is 0 Å². The van der Waals surface area contributed by atoms with E-state index >= 15 is 0 Å². The molecule has 1 heterocycles. The van der Waals surface area contributed by atoms with Crippen LogP contribution in [-0.4, -0.2) is 16.5 Å². The molecular weight excluding hydrogens is 255 g/mol. The molecule has 1 aliphatic rings. The molecule has 0 amide bonds. The quantitative estimate of drug-likeness (QED) is 0.787. The van der Waals surface area contributed by atoms with Gasteiger partial charge in [-0.05, 0) is 42.5 Å². The Hall–Kier alpha value is -2.10. The fourth-order valence-electron chi connectivity index (χ4n) is 2.80. The minimum atomic E-state index is -0.303.